The van der Waals surface area contributed by atoms with Crippen LogP contribution in [0.5, 0.6) is 11.5 Å². The number of aryl methyl sites for hydroxylation is 1. The molecule has 0 aromatic heterocycles. The first kappa shape index (κ1) is 30.4. The number of carbonyl (C=O) groups excluding carboxylic acids is 4. The van der Waals surface area contributed by atoms with Crippen molar-refractivity contribution in [1.29, 1.82) is 0 Å². The largest absolute Gasteiger partial charge is 0.504 e. The van der Waals surface area contributed by atoms with E-state index in [1.165, 1.54) is 36.3 Å². The quantitative estimate of drug-likeness (QED) is 0.208. The van der Waals surface area contributed by atoms with Crippen LogP contribution in [0, 0.1) is 23.6 Å². The Hall–Kier alpha value is -4.21. The Balaban J connectivity index is 1.39. The Morgan fingerprint density at radius 1 is 0.891 bits per heavy atom. The summed E-state index contributed by atoms with van der Waals surface area (Å²) < 4.78 is 19.2. The van der Waals surface area contributed by atoms with Gasteiger partial charge in [-0.3, -0.25) is 24.1 Å². The lowest BCUT2D eigenvalue weighted by Crippen LogP contribution is -2.60. The van der Waals surface area contributed by atoms with Gasteiger partial charge in [0.15, 0.2) is 21.2 Å². The number of allylic oxidation sites excluding steroid dienone is 2. The van der Waals surface area contributed by atoms with Crippen LogP contribution in [-0.2, 0) is 25.6 Å². The molecule has 1 N–H and O–H groups in total. The van der Waals surface area contributed by atoms with Crippen molar-refractivity contribution >= 4 is 58.2 Å². The van der Waals surface area contributed by atoms with Gasteiger partial charge in [-0.2, -0.15) is 0 Å². The fourth-order valence-electron chi connectivity index (χ4n) is 7.78. The smallest absolute Gasteiger partial charge is 0.258 e. The van der Waals surface area contributed by atoms with Crippen molar-refractivity contribution in [1.82, 2.24) is 0 Å². The molecule has 236 valence electrons. The number of methoxy groups -OCH3 is 1. The molecule has 2 saturated heterocycles. The third-order valence-corrected chi connectivity index (χ3v) is 11.4. The summed E-state index contributed by atoms with van der Waals surface area (Å²) in [5.41, 5.74) is 2.64. The second kappa shape index (κ2) is 10.7. The first-order valence-electron chi connectivity index (χ1n) is 15.0. The Labute approximate surface area is 274 Å². The average Bonchev–Trinajstić information content (AvgIpc) is 3.39. The number of halogens is 3. The summed E-state index contributed by atoms with van der Waals surface area (Å²) in [4.78, 5) is 54.8. The van der Waals surface area contributed by atoms with Crippen LogP contribution in [0.3, 0.4) is 0 Å². The molecule has 0 unspecified atom stereocenters. The van der Waals surface area contributed by atoms with Crippen LogP contribution in [0.15, 0.2) is 78.4 Å². The number of hydrogen-bond donors (Lipinski definition) is 1. The molecule has 3 aromatic rings. The number of anilines is 2. The van der Waals surface area contributed by atoms with Gasteiger partial charge in [0.05, 0.1) is 30.3 Å². The summed E-state index contributed by atoms with van der Waals surface area (Å²) in [5, 5.41) is 10.4. The van der Waals surface area contributed by atoms with Crippen LogP contribution in [0.1, 0.15) is 36.8 Å². The molecule has 4 amide bonds. The van der Waals surface area contributed by atoms with E-state index in [9.17, 15) is 28.7 Å². The maximum atomic E-state index is 14.4. The van der Waals surface area contributed by atoms with Gasteiger partial charge in [-0.25, -0.2) is 9.29 Å². The number of ether oxygens (including phenoxy) is 1. The first-order chi connectivity index (χ1) is 22.0. The van der Waals surface area contributed by atoms with E-state index in [0.29, 0.717) is 16.8 Å². The molecule has 4 aliphatic rings. The number of carbonyl (C=O) groups is 4. The molecule has 7 rings (SSSR count). The zero-order chi connectivity index (χ0) is 32.7. The van der Waals surface area contributed by atoms with Crippen LogP contribution >= 0.6 is 23.2 Å². The van der Waals surface area contributed by atoms with Crippen LogP contribution in [0.4, 0.5) is 15.8 Å². The van der Waals surface area contributed by atoms with Crippen molar-refractivity contribution in [3.8, 4) is 11.5 Å². The lowest BCUT2D eigenvalue weighted by molar-refractivity contribution is -0.125. The second-order valence-corrected chi connectivity index (χ2v) is 13.5. The van der Waals surface area contributed by atoms with Gasteiger partial charge in [0, 0.05) is 5.92 Å². The minimum absolute atomic E-state index is 0.0940. The van der Waals surface area contributed by atoms with E-state index in [1.54, 1.807) is 18.2 Å². The fourth-order valence-corrected chi connectivity index (χ4v) is 8.72. The summed E-state index contributed by atoms with van der Waals surface area (Å²) in [6.45, 7) is 2.01. The number of amides is 4. The van der Waals surface area contributed by atoms with Crippen LogP contribution in [0.25, 0.3) is 0 Å². The second-order valence-electron chi connectivity index (χ2n) is 12.2. The summed E-state index contributed by atoms with van der Waals surface area (Å²) in [6, 6.07) is 16.6. The van der Waals surface area contributed by atoms with Gasteiger partial charge in [0.1, 0.15) is 5.82 Å². The minimum atomic E-state index is -2.08. The van der Waals surface area contributed by atoms with Gasteiger partial charge in [-0.05, 0) is 84.8 Å². The third kappa shape index (κ3) is 4.04. The minimum Gasteiger partial charge on any atom is -0.504 e. The first-order valence-corrected chi connectivity index (χ1v) is 15.8. The monoisotopic (exact) mass is 662 g/mol. The molecule has 2 aliphatic carbocycles. The van der Waals surface area contributed by atoms with E-state index in [0.717, 1.165) is 29.0 Å². The zero-order valence-corrected chi connectivity index (χ0v) is 26.4. The average molecular weight is 664 g/mol. The van der Waals surface area contributed by atoms with Crippen molar-refractivity contribution in [3.05, 3.63) is 95.3 Å². The maximum Gasteiger partial charge on any atom is 0.258 e. The molecule has 2 aliphatic heterocycles. The number of phenols is 1. The number of benzene rings is 3. The lowest BCUT2D eigenvalue weighted by atomic mass is 9.56. The molecule has 3 aromatic carbocycles. The summed E-state index contributed by atoms with van der Waals surface area (Å²) in [6.07, 6.45) is 2.65. The maximum absolute atomic E-state index is 14.4. The molecule has 3 fully saturated rings. The standard InChI is InChI=1S/C35H29Cl2FN2O6/c1-3-18-4-9-21(10-5-18)39-30(42)24-14-13-23-25(28(24)31(39)43)17-34(36)32(44)40(22-11-7-20(38)8-12-22)33(45)35(34,37)29(23)19-6-15-26(41)27(16-19)46-2/h4-13,15-16,24-25,28-29,41H,3,14,17H2,1-2H3/t24-,25+,28-,29-,34+,35-/m0/s1. The van der Waals surface area contributed by atoms with E-state index in [2.05, 4.69) is 0 Å². The SMILES string of the molecule is CCc1ccc(N2C(=O)[C@H]3[C@H](CC=C4[C@H]3C[C@@]3(Cl)C(=O)N(c5ccc(F)cc5)C(=O)[C@@]3(Cl)[C@H]4c3ccc(O)c(OC)c3)C2=O)cc1. The van der Waals surface area contributed by atoms with Crippen molar-refractivity contribution in [2.75, 3.05) is 16.9 Å². The van der Waals surface area contributed by atoms with E-state index in [4.69, 9.17) is 27.9 Å². The molecular weight excluding hydrogens is 634 g/mol. The Bertz CT molecular complexity index is 1850. The van der Waals surface area contributed by atoms with Crippen LogP contribution in [-0.4, -0.2) is 45.6 Å². The predicted molar refractivity (Wildman–Crippen MR) is 170 cm³/mol. The number of fused-ring (bicyclic) bond motifs is 4. The van der Waals surface area contributed by atoms with Crippen molar-refractivity contribution in [2.24, 2.45) is 17.8 Å². The summed E-state index contributed by atoms with van der Waals surface area (Å²) in [7, 11) is 1.38. The highest BCUT2D eigenvalue weighted by molar-refractivity contribution is 6.58. The number of phenolic OH excluding ortho intramolecular Hbond substituents is 1. The van der Waals surface area contributed by atoms with E-state index < -0.39 is 57.0 Å². The topological polar surface area (TPSA) is 104 Å². The lowest BCUT2D eigenvalue weighted by Gasteiger charge is -2.50. The molecule has 0 spiro atoms. The molecule has 6 atom stereocenters. The highest BCUT2D eigenvalue weighted by Gasteiger charge is 2.76. The Morgan fingerprint density at radius 3 is 2.20 bits per heavy atom. The third-order valence-electron chi connectivity index (χ3n) is 10.0. The van der Waals surface area contributed by atoms with E-state index in [-0.39, 0.29) is 35.9 Å². The summed E-state index contributed by atoms with van der Waals surface area (Å²) >= 11 is 14.8. The van der Waals surface area contributed by atoms with Gasteiger partial charge in [-0.1, -0.05) is 36.8 Å². The molecule has 46 heavy (non-hydrogen) atoms. The number of imide groups is 2. The van der Waals surface area contributed by atoms with Gasteiger partial charge in [-0.15, -0.1) is 23.2 Å². The van der Waals surface area contributed by atoms with Crippen molar-refractivity contribution in [2.45, 2.75) is 41.9 Å². The van der Waals surface area contributed by atoms with Crippen molar-refractivity contribution in [3.63, 3.8) is 0 Å². The highest BCUT2D eigenvalue weighted by atomic mass is 35.5. The van der Waals surface area contributed by atoms with Gasteiger partial charge < -0.3 is 9.84 Å². The Morgan fingerprint density at radius 2 is 1.54 bits per heavy atom. The molecule has 8 nitrogen and oxygen atoms in total. The molecule has 0 bridgehead atoms. The van der Waals surface area contributed by atoms with E-state index in [1.807, 2.05) is 25.1 Å². The van der Waals surface area contributed by atoms with E-state index >= 15 is 0 Å². The molecular formula is C35H29Cl2FN2O6. The number of nitrogens with zero attached hydrogens (tertiary/aromatic N) is 2. The molecule has 0 radical (unpaired) electrons. The fraction of sp³-hybridized carbons (Fsp3) is 0.314. The predicted octanol–water partition coefficient (Wildman–Crippen LogP) is 5.87. The summed E-state index contributed by atoms with van der Waals surface area (Å²) in [5.74, 6) is -6.31. The zero-order valence-electron chi connectivity index (χ0n) is 24.9. The number of aromatic hydroxyl groups is 1. The highest BCUT2D eigenvalue weighted by Crippen LogP contribution is 2.66. The normalized spacial score (nSPS) is 30.2. The van der Waals surface area contributed by atoms with Crippen LogP contribution < -0.4 is 14.5 Å². The van der Waals surface area contributed by atoms with Crippen molar-refractivity contribution < 1.29 is 33.4 Å². The van der Waals surface area contributed by atoms with Crippen LogP contribution in [0.2, 0.25) is 0 Å². The number of alkyl halides is 2. The molecule has 11 heteroatoms. The molecule has 1 saturated carbocycles. The van der Waals surface area contributed by atoms with Gasteiger partial charge >= 0.3 is 0 Å². The number of rotatable bonds is 5. The number of hydrogen-bond acceptors (Lipinski definition) is 6. The van der Waals surface area contributed by atoms with Gasteiger partial charge in [0.25, 0.3) is 11.8 Å². The van der Waals surface area contributed by atoms with Gasteiger partial charge in [0.2, 0.25) is 11.8 Å². The molecule has 2 heterocycles. The Kier molecular flexibility index (Phi) is 7.06.